The fourth-order valence-electron chi connectivity index (χ4n) is 4.11. The molecule has 4 aromatic rings. The molecule has 5 rings (SSSR count). The zero-order valence-corrected chi connectivity index (χ0v) is 18.2. The van der Waals surface area contributed by atoms with Crippen LogP contribution >= 0.6 is 0 Å². The summed E-state index contributed by atoms with van der Waals surface area (Å²) in [5.74, 6) is -0.203. The minimum Gasteiger partial charge on any atom is -0.375 e. The van der Waals surface area contributed by atoms with E-state index in [1.54, 1.807) is 12.3 Å². The molecule has 6 nitrogen and oxygen atoms in total. The predicted molar refractivity (Wildman–Crippen MR) is 125 cm³/mol. The van der Waals surface area contributed by atoms with Crippen molar-refractivity contribution in [3.8, 4) is 17.3 Å². The average molecular weight is 434 g/mol. The number of fused-ring (bicyclic) bond motifs is 2. The van der Waals surface area contributed by atoms with E-state index in [-0.39, 0.29) is 5.91 Å². The topological polar surface area (TPSA) is 87.9 Å². The van der Waals surface area contributed by atoms with E-state index >= 15 is 0 Å². The number of hydrogen-bond donors (Lipinski definition) is 1. The molecular formula is C27H22N4O2. The van der Waals surface area contributed by atoms with E-state index < -0.39 is 5.41 Å². The normalized spacial score (nSPS) is 17.2. The van der Waals surface area contributed by atoms with Crippen LogP contribution in [0, 0.1) is 11.3 Å². The monoisotopic (exact) mass is 434 g/mol. The third-order valence-corrected chi connectivity index (χ3v) is 6.02. The van der Waals surface area contributed by atoms with Gasteiger partial charge in [0, 0.05) is 28.9 Å². The van der Waals surface area contributed by atoms with Gasteiger partial charge in [0.05, 0.1) is 37.2 Å². The Morgan fingerprint density at radius 2 is 1.91 bits per heavy atom. The number of nitrogens with zero attached hydrogens (tertiary/aromatic N) is 3. The predicted octanol–water partition coefficient (Wildman–Crippen LogP) is 4.54. The first-order chi connectivity index (χ1) is 16.1. The Kier molecular flexibility index (Phi) is 5.33. The number of hydrogen-bond acceptors (Lipinski definition) is 5. The van der Waals surface area contributed by atoms with Gasteiger partial charge in [-0.3, -0.25) is 14.8 Å². The molecule has 0 saturated carbocycles. The molecule has 0 radical (unpaired) electrons. The minimum atomic E-state index is -0.756. The van der Waals surface area contributed by atoms with Crippen molar-refractivity contribution in [1.82, 2.24) is 15.3 Å². The van der Waals surface area contributed by atoms with Gasteiger partial charge in [0.25, 0.3) is 5.91 Å². The summed E-state index contributed by atoms with van der Waals surface area (Å²) in [7, 11) is 0. The molecule has 0 spiro atoms. The van der Waals surface area contributed by atoms with Crippen LogP contribution in [0.15, 0.2) is 73.1 Å². The fourth-order valence-corrected chi connectivity index (χ4v) is 4.11. The van der Waals surface area contributed by atoms with Crippen LogP contribution in [0.25, 0.3) is 22.0 Å². The van der Waals surface area contributed by atoms with Gasteiger partial charge in [-0.2, -0.15) is 5.26 Å². The molecular weight excluding hydrogens is 412 g/mol. The van der Waals surface area contributed by atoms with Crippen LogP contribution in [0.2, 0.25) is 0 Å². The van der Waals surface area contributed by atoms with Crippen molar-refractivity contribution in [2.24, 2.45) is 0 Å². The standard InChI is InChI=1S/C27H22N4O2/c1-27(16-28)17-33-15-20-8-7-19(10-24(20)27)26(32)31-14-23-9-21-11-25(18-5-3-2-4-6-18)30-13-22(21)12-29-23/h2-13H,14-15,17H2,1H3,(H,31,32)/t27-/m1/s1. The Morgan fingerprint density at radius 1 is 1.09 bits per heavy atom. The fraction of sp³-hybridized carbons (Fsp3) is 0.185. The maximum absolute atomic E-state index is 12.8. The summed E-state index contributed by atoms with van der Waals surface area (Å²) in [6, 6.07) is 21.8. The molecule has 2 aromatic carbocycles. The number of benzene rings is 2. The Balaban J connectivity index is 1.35. The quantitative estimate of drug-likeness (QED) is 0.510. The maximum atomic E-state index is 12.8. The van der Waals surface area contributed by atoms with E-state index in [1.807, 2.05) is 67.7 Å². The van der Waals surface area contributed by atoms with Crippen LogP contribution in [0.5, 0.6) is 0 Å². The first-order valence-corrected chi connectivity index (χ1v) is 10.8. The van der Waals surface area contributed by atoms with Crippen molar-refractivity contribution >= 4 is 16.7 Å². The SMILES string of the molecule is C[C@@]1(C#N)COCc2ccc(C(=O)NCc3cc4cc(-c5ccccc5)ncc4cn3)cc21. The summed E-state index contributed by atoms with van der Waals surface area (Å²) < 4.78 is 5.54. The second-order valence-corrected chi connectivity index (χ2v) is 8.45. The molecule has 1 aliphatic heterocycles. The van der Waals surface area contributed by atoms with E-state index in [1.165, 1.54) is 0 Å². The van der Waals surface area contributed by atoms with Gasteiger partial charge in [0.2, 0.25) is 0 Å². The molecule has 1 atom stereocenters. The number of aromatic nitrogens is 2. The van der Waals surface area contributed by atoms with Crippen molar-refractivity contribution in [3.63, 3.8) is 0 Å². The number of carbonyl (C=O) groups excluding carboxylic acids is 1. The van der Waals surface area contributed by atoms with E-state index in [0.29, 0.717) is 25.3 Å². The van der Waals surface area contributed by atoms with Crippen molar-refractivity contribution in [3.05, 3.63) is 95.4 Å². The highest BCUT2D eigenvalue weighted by Crippen LogP contribution is 2.32. The zero-order valence-electron chi connectivity index (χ0n) is 18.2. The highest BCUT2D eigenvalue weighted by molar-refractivity contribution is 5.94. The molecule has 0 unspecified atom stereocenters. The summed E-state index contributed by atoms with van der Waals surface area (Å²) in [4.78, 5) is 21.8. The van der Waals surface area contributed by atoms with Crippen LogP contribution < -0.4 is 5.32 Å². The Labute approximate surface area is 191 Å². The van der Waals surface area contributed by atoms with E-state index in [4.69, 9.17) is 4.74 Å². The van der Waals surface area contributed by atoms with Gasteiger partial charge in [0.15, 0.2) is 0 Å². The largest absolute Gasteiger partial charge is 0.375 e. The molecule has 6 heteroatoms. The van der Waals surface area contributed by atoms with Crippen molar-refractivity contribution in [2.75, 3.05) is 6.61 Å². The summed E-state index contributed by atoms with van der Waals surface area (Å²) in [6.45, 7) is 2.91. The highest BCUT2D eigenvalue weighted by atomic mass is 16.5. The number of pyridine rings is 2. The lowest BCUT2D eigenvalue weighted by molar-refractivity contribution is 0.0757. The molecule has 1 amide bonds. The number of amides is 1. The van der Waals surface area contributed by atoms with E-state index in [0.717, 1.165) is 38.9 Å². The van der Waals surface area contributed by atoms with Crippen LogP contribution in [-0.2, 0) is 23.3 Å². The number of ether oxygens (including phenoxy) is 1. The number of carbonyl (C=O) groups is 1. The molecule has 0 fully saturated rings. The van der Waals surface area contributed by atoms with Crippen LogP contribution in [0.3, 0.4) is 0 Å². The molecule has 2 aromatic heterocycles. The number of rotatable bonds is 4. The van der Waals surface area contributed by atoms with Crippen LogP contribution in [0.4, 0.5) is 0 Å². The minimum absolute atomic E-state index is 0.203. The van der Waals surface area contributed by atoms with Crippen molar-refractivity contribution in [1.29, 1.82) is 5.26 Å². The van der Waals surface area contributed by atoms with Crippen molar-refractivity contribution in [2.45, 2.75) is 25.5 Å². The maximum Gasteiger partial charge on any atom is 0.251 e. The Hall–Kier alpha value is -4.08. The number of nitrogens with one attached hydrogen (secondary N) is 1. The smallest absolute Gasteiger partial charge is 0.251 e. The first-order valence-electron chi connectivity index (χ1n) is 10.8. The summed E-state index contributed by atoms with van der Waals surface area (Å²) in [5, 5.41) is 14.5. The third-order valence-electron chi connectivity index (χ3n) is 6.02. The lowest BCUT2D eigenvalue weighted by Gasteiger charge is -2.30. The lowest BCUT2D eigenvalue weighted by atomic mass is 9.79. The second-order valence-electron chi connectivity index (χ2n) is 8.45. The van der Waals surface area contributed by atoms with Gasteiger partial charge < -0.3 is 10.1 Å². The molecule has 0 saturated heterocycles. The molecule has 3 heterocycles. The molecule has 1 aliphatic rings. The zero-order chi connectivity index (χ0) is 22.8. The summed E-state index contributed by atoms with van der Waals surface area (Å²) in [5.41, 5.74) is 4.27. The van der Waals surface area contributed by atoms with Gasteiger partial charge in [0.1, 0.15) is 5.41 Å². The van der Waals surface area contributed by atoms with Gasteiger partial charge >= 0.3 is 0 Å². The molecule has 33 heavy (non-hydrogen) atoms. The summed E-state index contributed by atoms with van der Waals surface area (Å²) in [6.07, 6.45) is 3.59. The Bertz CT molecular complexity index is 1390. The number of nitriles is 1. The van der Waals surface area contributed by atoms with Gasteiger partial charge in [-0.1, -0.05) is 36.4 Å². The average Bonchev–Trinajstić information content (AvgIpc) is 2.87. The first kappa shape index (κ1) is 20.8. The highest BCUT2D eigenvalue weighted by Gasteiger charge is 2.33. The molecule has 1 N–H and O–H groups in total. The third kappa shape index (κ3) is 4.07. The summed E-state index contributed by atoms with van der Waals surface area (Å²) >= 11 is 0. The van der Waals surface area contributed by atoms with Crippen LogP contribution in [-0.4, -0.2) is 22.5 Å². The molecule has 162 valence electrons. The van der Waals surface area contributed by atoms with E-state index in [9.17, 15) is 10.1 Å². The van der Waals surface area contributed by atoms with Gasteiger partial charge in [-0.25, -0.2) is 0 Å². The Morgan fingerprint density at radius 3 is 2.73 bits per heavy atom. The van der Waals surface area contributed by atoms with Gasteiger partial charge in [-0.15, -0.1) is 0 Å². The van der Waals surface area contributed by atoms with Crippen molar-refractivity contribution < 1.29 is 9.53 Å². The van der Waals surface area contributed by atoms with Gasteiger partial charge in [-0.05, 0) is 47.7 Å². The second kappa shape index (κ2) is 8.45. The molecule has 0 aliphatic carbocycles. The lowest BCUT2D eigenvalue weighted by Crippen LogP contribution is -2.33. The van der Waals surface area contributed by atoms with Crippen LogP contribution in [0.1, 0.15) is 34.1 Å². The molecule has 0 bridgehead atoms. The van der Waals surface area contributed by atoms with E-state index in [2.05, 4.69) is 21.4 Å².